The first kappa shape index (κ1) is 9.14. The predicted molar refractivity (Wildman–Crippen MR) is 48.1 cm³/mol. The van der Waals surface area contributed by atoms with Crippen LogP contribution in [0, 0.1) is 11.3 Å². The SMILES string of the molecule is CC(=O)NC1=C(C#N)CC(C)S1. The highest BCUT2D eigenvalue weighted by molar-refractivity contribution is 8.03. The summed E-state index contributed by atoms with van der Waals surface area (Å²) >= 11 is 1.55. The van der Waals surface area contributed by atoms with Gasteiger partial charge in [-0.25, -0.2) is 0 Å². The predicted octanol–water partition coefficient (Wildman–Crippen LogP) is 1.38. The molecule has 3 nitrogen and oxygen atoms in total. The lowest BCUT2D eigenvalue weighted by Gasteiger charge is -2.02. The molecule has 0 spiro atoms. The summed E-state index contributed by atoms with van der Waals surface area (Å²) in [6.07, 6.45) is 0.761. The number of hydrogen-bond donors (Lipinski definition) is 1. The molecule has 0 aliphatic carbocycles. The van der Waals surface area contributed by atoms with Crippen molar-refractivity contribution in [3.05, 3.63) is 10.6 Å². The average molecular weight is 182 g/mol. The fraction of sp³-hybridized carbons (Fsp3) is 0.500. The summed E-state index contributed by atoms with van der Waals surface area (Å²) < 4.78 is 0. The van der Waals surface area contributed by atoms with Crippen LogP contribution in [0.3, 0.4) is 0 Å². The van der Waals surface area contributed by atoms with Crippen molar-refractivity contribution in [2.45, 2.75) is 25.5 Å². The van der Waals surface area contributed by atoms with E-state index in [9.17, 15) is 4.79 Å². The second-order valence-electron chi connectivity index (χ2n) is 2.73. The van der Waals surface area contributed by atoms with Gasteiger partial charge in [0.15, 0.2) is 0 Å². The van der Waals surface area contributed by atoms with Crippen LogP contribution in [0.25, 0.3) is 0 Å². The number of nitrogens with one attached hydrogen (secondary N) is 1. The topological polar surface area (TPSA) is 52.9 Å². The van der Waals surface area contributed by atoms with Gasteiger partial charge in [0.05, 0.1) is 16.7 Å². The molecule has 0 radical (unpaired) electrons. The largest absolute Gasteiger partial charge is 0.320 e. The molecule has 1 aliphatic heterocycles. The average Bonchev–Trinajstić information content (AvgIpc) is 2.29. The Morgan fingerprint density at radius 2 is 2.50 bits per heavy atom. The molecule has 0 aromatic heterocycles. The Balaban J connectivity index is 2.73. The third kappa shape index (κ3) is 2.02. The number of thioether (sulfide) groups is 1. The highest BCUT2D eigenvalue weighted by Gasteiger charge is 2.21. The normalized spacial score (nSPS) is 22.2. The zero-order valence-corrected chi connectivity index (χ0v) is 7.86. The Labute approximate surface area is 75.8 Å². The van der Waals surface area contributed by atoms with Gasteiger partial charge in [-0.2, -0.15) is 5.26 Å². The van der Waals surface area contributed by atoms with Crippen molar-refractivity contribution < 1.29 is 4.79 Å². The van der Waals surface area contributed by atoms with E-state index in [0.29, 0.717) is 10.8 Å². The Morgan fingerprint density at radius 1 is 1.83 bits per heavy atom. The van der Waals surface area contributed by atoms with E-state index in [4.69, 9.17) is 5.26 Å². The molecular weight excluding hydrogens is 172 g/mol. The molecule has 1 aliphatic rings. The lowest BCUT2D eigenvalue weighted by atomic mass is 10.2. The molecule has 1 unspecified atom stereocenters. The molecule has 0 bridgehead atoms. The molecule has 1 atom stereocenters. The van der Waals surface area contributed by atoms with E-state index in [1.165, 1.54) is 6.92 Å². The summed E-state index contributed by atoms with van der Waals surface area (Å²) in [6, 6.07) is 2.09. The summed E-state index contributed by atoms with van der Waals surface area (Å²) in [5, 5.41) is 12.5. The standard InChI is InChI=1S/C8H10N2OS/c1-5-3-7(4-9)8(12-5)10-6(2)11/h5H,3H2,1-2H3,(H,10,11). The lowest BCUT2D eigenvalue weighted by molar-refractivity contribution is -0.118. The molecule has 0 saturated heterocycles. The van der Waals surface area contributed by atoms with Gasteiger partial charge in [0.2, 0.25) is 5.91 Å². The van der Waals surface area contributed by atoms with Crippen LogP contribution in [0.4, 0.5) is 0 Å². The maximum Gasteiger partial charge on any atom is 0.221 e. The number of nitriles is 1. The van der Waals surface area contributed by atoms with Gasteiger partial charge in [-0.15, -0.1) is 11.8 Å². The minimum Gasteiger partial charge on any atom is -0.320 e. The maximum atomic E-state index is 10.7. The third-order valence-corrected chi connectivity index (χ3v) is 2.66. The van der Waals surface area contributed by atoms with Crippen LogP contribution < -0.4 is 5.32 Å². The molecule has 1 N–H and O–H groups in total. The highest BCUT2D eigenvalue weighted by atomic mass is 32.2. The molecule has 0 saturated carbocycles. The number of nitrogens with zero attached hydrogens (tertiary/aromatic N) is 1. The smallest absolute Gasteiger partial charge is 0.221 e. The minimum atomic E-state index is -0.112. The lowest BCUT2D eigenvalue weighted by Crippen LogP contribution is -2.17. The molecule has 1 amide bonds. The van der Waals surface area contributed by atoms with E-state index in [0.717, 1.165) is 11.4 Å². The number of hydrogen-bond acceptors (Lipinski definition) is 3. The van der Waals surface area contributed by atoms with E-state index in [1.54, 1.807) is 11.8 Å². The number of rotatable bonds is 1. The quantitative estimate of drug-likeness (QED) is 0.666. The van der Waals surface area contributed by atoms with Crippen molar-refractivity contribution in [2.75, 3.05) is 0 Å². The van der Waals surface area contributed by atoms with Gasteiger partial charge in [-0.3, -0.25) is 4.79 Å². The van der Waals surface area contributed by atoms with Crippen molar-refractivity contribution >= 4 is 17.7 Å². The Morgan fingerprint density at radius 3 is 3.00 bits per heavy atom. The molecule has 64 valence electrons. The molecular formula is C8H10N2OS. The first-order valence-corrected chi connectivity index (χ1v) is 4.59. The summed E-state index contributed by atoms with van der Waals surface area (Å²) in [7, 11) is 0. The van der Waals surface area contributed by atoms with Gasteiger partial charge in [0.1, 0.15) is 0 Å². The maximum absolute atomic E-state index is 10.7. The van der Waals surface area contributed by atoms with Crippen LogP contribution in [0.2, 0.25) is 0 Å². The van der Waals surface area contributed by atoms with Crippen molar-refractivity contribution in [3.8, 4) is 6.07 Å². The van der Waals surface area contributed by atoms with E-state index in [-0.39, 0.29) is 5.91 Å². The van der Waals surface area contributed by atoms with Crippen LogP contribution >= 0.6 is 11.8 Å². The molecule has 0 aromatic carbocycles. The van der Waals surface area contributed by atoms with Crippen LogP contribution in [0.15, 0.2) is 10.6 Å². The number of carbonyl (C=O) groups excluding carboxylic acids is 1. The second-order valence-corrected chi connectivity index (χ2v) is 4.18. The Kier molecular flexibility index (Phi) is 2.77. The highest BCUT2D eigenvalue weighted by Crippen LogP contribution is 2.34. The molecule has 0 fully saturated rings. The van der Waals surface area contributed by atoms with Crippen LogP contribution in [-0.4, -0.2) is 11.2 Å². The van der Waals surface area contributed by atoms with Gasteiger partial charge >= 0.3 is 0 Å². The van der Waals surface area contributed by atoms with Gasteiger partial charge < -0.3 is 5.32 Å². The van der Waals surface area contributed by atoms with Gasteiger partial charge in [0, 0.05) is 12.2 Å². The van der Waals surface area contributed by atoms with Crippen LogP contribution in [0.1, 0.15) is 20.3 Å². The molecule has 4 heteroatoms. The van der Waals surface area contributed by atoms with E-state index < -0.39 is 0 Å². The van der Waals surface area contributed by atoms with Gasteiger partial charge in [-0.1, -0.05) is 6.92 Å². The van der Waals surface area contributed by atoms with Gasteiger partial charge in [0.25, 0.3) is 0 Å². The number of carbonyl (C=O) groups is 1. The van der Waals surface area contributed by atoms with E-state index in [1.807, 2.05) is 6.92 Å². The van der Waals surface area contributed by atoms with Crippen LogP contribution in [-0.2, 0) is 4.79 Å². The summed E-state index contributed by atoms with van der Waals surface area (Å²) in [5.41, 5.74) is 0.697. The molecule has 1 rings (SSSR count). The zero-order valence-electron chi connectivity index (χ0n) is 7.05. The van der Waals surface area contributed by atoms with Crippen molar-refractivity contribution in [2.24, 2.45) is 0 Å². The molecule has 1 heterocycles. The summed E-state index contributed by atoms with van der Waals surface area (Å²) in [6.45, 7) is 3.49. The van der Waals surface area contributed by atoms with Gasteiger partial charge in [-0.05, 0) is 6.42 Å². The third-order valence-electron chi connectivity index (χ3n) is 1.51. The fourth-order valence-corrected chi connectivity index (χ4v) is 2.18. The summed E-state index contributed by atoms with van der Waals surface area (Å²) in [4.78, 5) is 10.7. The first-order valence-electron chi connectivity index (χ1n) is 3.71. The summed E-state index contributed by atoms with van der Waals surface area (Å²) in [5.74, 6) is -0.112. The Hall–Kier alpha value is -0.950. The van der Waals surface area contributed by atoms with Crippen molar-refractivity contribution in [1.82, 2.24) is 5.32 Å². The number of amides is 1. The zero-order chi connectivity index (χ0) is 9.14. The second kappa shape index (κ2) is 3.63. The van der Waals surface area contributed by atoms with Crippen LogP contribution in [0.5, 0.6) is 0 Å². The Bertz CT molecular complexity index is 277. The van der Waals surface area contributed by atoms with Crippen molar-refractivity contribution in [3.63, 3.8) is 0 Å². The molecule has 0 aromatic rings. The van der Waals surface area contributed by atoms with E-state index >= 15 is 0 Å². The van der Waals surface area contributed by atoms with Crippen molar-refractivity contribution in [1.29, 1.82) is 5.26 Å². The fourth-order valence-electron chi connectivity index (χ4n) is 1.06. The van der Waals surface area contributed by atoms with E-state index in [2.05, 4.69) is 11.4 Å². The first-order chi connectivity index (χ1) is 5.63. The monoisotopic (exact) mass is 182 g/mol. The minimum absolute atomic E-state index is 0.112. The number of allylic oxidation sites excluding steroid dienone is 1. The molecule has 12 heavy (non-hydrogen) atoms.